The topological polar surface area (TPSA) is 67.8 Å². The molecule has 1 aliphatic heterocycles. The lowest BCUT2D eigenvalue weighted by Gasteiger charge is -2.24. The van der Waals surface area contributed by atoms with Crippen LogP contribution in [0.2, 0.25) is 0 Å². The number of ether oxygens (including phenoxy) is 2. The van der Waals surface area contributed by atoms with Crippen LogP contribution >= 0.6 is 0 Å². The minimum Gasteiger partial charge on any atom is -0.508 e. The first kappa shape index (κ1) is 13.3. The maximum atomic E-state index is 12.1. The number of carbonyl (C=O) groups is 1. The molecule has 1 aromatic carbocycles. The summed E-state index contributed by atoms with van der Waals surface area (Å²) in [6.07, 6.45) is -5.15. The number of hydrogen-bond acceptors (Lipinski definition) is 4. The maximum Gasteiger partial charge on any atom is 0.573 e. The maximum absolute atomic E-state index is 12.1. The number of cyclic esters (lactones) is 1. The molecular formula is C11H10F3NO4. The van der Waals surface area contributed by atoms with Crippen molar-refractivity contribution >= 4 is 6.09 Å². The number of halogens is 3. The molecule has 5 nitrogen and oxygen atoms in total. The fourth-order valence-corrected chi connectivity index (χ4v) is 1.77. The van der Waals surface area contributed by atoms with Crippen molar-refractivity contribution in [1.82, 2.24) is 5.32 Å². The van der Waals surface area contributed by atoms with Crippen molar-refractivity contribution in [2.45, 2.75) is 18.8 Å². The number of phenolic OH excluding ortho intramolecular Hbond substituents is 1. The van der Waals surface area contributed by atoms with Crippen LogP contribution in [0.25, 0.3) is 0 Å². The van der Waals surface area contributed by atoms with E-state index in [2.05, 4.69) is 14.8 Å². The number of carbonyl (C=O) groups excluding carboxylic acids is 1. The number of alkyl carbamates (subject to hydrolysis) is 1. The summed E-state index contributed by atoms with van der Waals surface area (Å²) < 4.78 is 44.7. The molecular weight excluding hydrogens is 267 g/mol. The van der Waals surface area contributed by atoms with E-state index in [1.807, 2.05) is 0 Å². The number of aromatic hydroxyl groups is 1. The van der Waals surface area contributed by atoms with Crippen LogP contribution in [0.15, 0.2) is 18.2 Å². The van der Waals surface area contributed by atoms with Gasteiger partial charge in [-0.15, -0.1) is 13.2 Å². The Labute approximate surface area is 105 Å². The smallest absolute Gasteiger partial charge is 0.508 e. The van der Waals surface area contributed by atoms with Gasteiger partial charge in [0.25, 0.3) is 0 Å². The Kier molecular flexibility index (Phi) is 3.41. The number of nitrogens with one attached hydrogen (secondary N) is 1. The molecule has 2 N–H and O–H groups in total. The zero-order chi connectivity index (χ0) is 14.0. The van der Waals surface area contributed by atoms with E-state index in [1.165, 1.54) is 0 Å². The van der Waals surface area contributed by atoms with Crippen molar-refractivity contribution < 1.29 is 32.5 Å². The molecule has 0 aliphatic carbocycles. The lowest BCUT2D eigenvalue weighted by Crippen LogP contribution is -2.35. The van der Waals surface area contributed by atoms with E-state index in [4.69, 9.17) is 0 Å². The highest BCUT2D eigenvalue weighted by molar-refractivity contribution is 5.69. The quantitative estimate of drug-likeness (QED) is 0.871. The Morgan fingerprint density at radius 3 is 2.79 bits per heavy atom. The van der Waals surface area contributed by atoms with Crippen LogP contribution in [0, 0.1) is 0 Å². The Hall–Kier alpha value is -2.12. The van der Waals surface area contributed by atoms with Crippen LogP contribution in [-0.4, -0.2) is 24.2 Å². The van der Waals surface area contributed by atoms with Gasteiger partial charge in [0.2, 0.25) is 0 Å². The zero-order valence-corrected chi connectivity index (χ0v) is 9.53. The molecule has 8 heteroatoms. The van der Waals surface area contributed by atoms with Crippen LogP contribution in [-0.2, 0) is 4.74 Å². The Morgan fingerprint density at radius 1 is 1.42 bits per heavy atom. The van der Waals surface area contributed by atoms with Gasteiger partial charge in [-0.1, -0.05) is 0 Å². The van der Waals surface area contributed by atoms with E-state index >= 15 is 0 Å². The van der Waals surface area contributed by atoms with Crippen molar-refractivity contribution in [2.75, 3.05) is 6.61 Å². The van der Waals surface area contributed by atoms with Crippen LogP contribution in [0.3, 0.4) is 0 Å². The van der Waals surface area contributed by atoms with Gasteiger partial charge in [0.1, 0.15) is 11.5 Å². The number of amides is 1. The number of rotatable bonds is 2. The van der Waals surface area contributed by atoms with Gasteiger partial charge in [-0.3, -0.25) is 0 Å². The zero-order valence-electron chi connectivity index (χ0n) is 9.53. The summed E-state index contributed by atoms with van der Waals surface area (Å²) in [5.41, 5.74) is 0.151. The van der Waals surface area contributed by atoms with E-state index in [0.29, 0.717) is 6.42 Å². The first-order valence-electron chi connectivity index (χ1n) is 5.37. The second-order valence-electron chi connectivity index (χ2n) is 3.89. The average Bonchev–Trinajstić information content (AvgIpc) is 2.30. The minimum absolute atomic E-state index is 0.125. The van der Waals surface area contributed by atoms with Gasteiger partial charge >= 0.3 is 12.5 Å². The van der Waals surface area contributed by atoms with Crippen molar-refractivity contribution in [3.8, 4) is 11.5 Å². The molecule has 0 radical (unpaired) electrons. The summed E-state index contributed by atoms with van der Waals surface area (Å²) in [5, 5.41) is 12.0. The summed E-state index contributed by atoms with van der Waals surface area (Å²) in [5.74, 6) is -0.678. The number of phenols is 1. The fraction of sp³-hybridized carbons (Fsp3) is 0.364. The molecule has 0 saturated carbocycles. The first-order chi connectivity index (χ1) is 8.85. The van der Waals surface area contributed by atoms with Gasteiger partial charge in [0, 0.05) is 12.0 Å². The van der Waals surface area contributed by atoms with E-state index in [9.17, 15) is 23.1 Å². The van der Waals surface area contributed by atoms with E-state index in [1.54, 1.807) is 0 Å². The van der Waals surface area contributed by atoms with Crippen LogP contribution < -0.4 is 10.1 Å². The van der Waals surface area contributed by atoms with Gasteiger partial charge in [-0.05, 0) is 18.2 Å². The van der Waals surface area contributed by atoms with E-state index in [-0.39, 0.29) is 17.9 Å². The molecule has 1 amide bonds. The lowest BCUT2D eigenvalue weighted by molar-refractivity contribution is -0.274. The Morgan fingerprint density at radius 2 is 2.16 bits per heavy atom. The third-order valence-corrected chi connectivity index (χ3v) is 2.54. The monoisotopic (exact) mass is 277 g/mol. The molecule has 0 unspecified atom stereocenters. The molecule has 1 aliphatic rings. The molecule has 104 valence electrons. The van der Waals surface area contributed by atoms with Crippen molar-refractivity contribution in [3.63, 3.8) is 0 Å². The van der Waals surface area contributed by atoms with Gasteiger partial charge in [-0.2, -0.15) is 0 Å². The predicted octanol–water partition coefficient (Wildman–Crippen LogP) is 2.46. The highest BCUT2D eigenvalue weighted by Gasteiger charge is 2.32. The summed E-state index contributed by atoms with van der Waals surface area (Å²) in [6, 6.07) is 2.50. The molecule has 0 aromatic heterocycles. The standard InChI is InChI=1S/C11H10F3NO4/c12-11(13,14)19-6-1-2-9(16)7(5-6)8-3-4-18-10(17)15-8/h1-2,5,8,16H,3-4H2,(H,15,17)/t8-/m1/s1. The van der Waals surface area contributed by atoms with Crippen molar-refractivity contribution in [1.29, 1.82) is 0 Å². The SMILES string of the molecule is O=C1N[C@@H](c2cc(OC(F)(F)F)ccc2O)CCO1. The molecule has 0 spiro atoms. The van der Waals surface area contributed by atoms with Gasteiger partial charge in [0.15, 0.2) is 0 Å². The number of alkyl halides is 3. The van der Waals surface area contributed by atoms with Gasteiger partial charge in [0.05, 0.1) is 12.6 Å². The molecule has 0 bridgehead atoms. The predicted molar refractivity (Wildman–Crippen MR) is 56.6 cm³/mol. The fourth-order valence-electron chi connectivity index (χ4n) is 1.77. The van der Waals surface area contributed by atoms with E-state index < -0.39 is 24.2 Å². The number of hydrogen-bond donors (Lipinski definition) is 2. The molecule has 1 fully saturated rings. The average molecular weight is 277 g/mol. The summed E-state index contributed by atoms with van der Waals surface area (Å²) in [7, 11) is 0. The Balaban J connectivity index is 2.24. The van der Waals surface area contributed by atoms with Crippen LogP contribution in [0.4, 0.5) is 18.0 Å². The van der Waals surface area contributed by atoms with E-state index in [0.717, 1.165) is 18.2 Å². The molecule has 1 aromatic rings. The molecule has 1 heterocycles. The van der Waals surface area contributed by atoms with Crippen LogP contribution in [0.5, 0.6) is 11.5 Å². The second-order valence-corrected chi connectivity index (χ2v) is 3.89. The number of benzene rings is 1. The van der Waals surface area contributed by atoms with Crippen molar-refractivity contribution in [2.24, 2.45) is 0 Å². The highest BCUT2D eigenvalue weighted by Crippen LogP contribution is 2.33. The minimum atomic E-state index is -4.81. The Bertz CT molecular complexity index is 489. The third-order valence-electron chi connectivity index (χ3n) is 2.54. The van der Waals surface area contributed by atoms with Crippen LogP contribution in [0.1, 0.15) is 18.0 Å². The third kappa shape index (κ3) is 3.43. The summed E-state index contributed by atoms with van der Waals surface area (Å²) in [4.78, 5) is 11.0. The first-order valence-corrected chi connectivity index (χ1v) is 5.37. The van der Waals surface area contributed by atoms with Crippen molar-refractivity contribution in [3.05, 3.63) is 23.8 Å². The molecule has 1 atom stereocenters. The molecule has 2 rings (SSSR count). The van der Waals surface area contributed by atoms with Gasteiger partial charge in [-0.25, -0.2) is 4.79 Å². The second kappa shape index (κ2) is 4.87. The summed E-state index contributed by atoms with van der Waals surface area (Å²) in [6.45, 7) is 0.125. The van der Waals surface area contributed by atoms with Gasteiger partial charge < -0.3 is 19.9 Å². The molecule has 1 saturated heterocycles. The molecule has 19 heavy (non-hydrogen) atoms. The normalized spacial score (nSPS) is 19.5. The summed E-state index contributed by atoms with van der Waals surface area (Å²) >= 11 is 0. The highest BCUT2D eigenvalue weighted by atomic mass is 19.4. The largest absolute Gasteiger partial charge is 0.573 e. The lowest BCUT2D eigenvalue weighted by atomic mass is 10.0.